The molecule has 1 aromatic heterocycles. The van der Waals surface area contributed by atoms with E-state index in [-0.39, 0.29) is 10.8 Å². The number of H-pyrrole nitrogens is 1. The minimum atomic E-state index is -5.91. The van der Waals surface area contributed by atoms with E-state index in [0.29, 0.717) is 0 Å². The maximum Gasteiger partial charge on any atom is 0.490 e. The van der Waals surface area contributed by atoms with Crippen LogP contribution >= 0.6 is 23.5 Å². The molecule has 22 heteroatoms. The summed E-state index contributed by atoms with van der Waals surface area (Å²) in [6, 6.07) is 0. The topological polar surface area (TPSA) is 244 Å². The van der Waals surface area contributed by atoms with Crippen LogP contribution in [0.4, 0.5) is 13.2 Å². The van der Waals surface area contributed by atoms with E-state index in [9.17, 15) is 42.1 Å². The van der Waals surface area contributed by atoms with Crippen molar-refractivity contribution in [1.82, 2.24) is 9.55 Å². The molecule has 1 fully saturated rings. The number of aliphatic hydroxyl groups is 1. The van der Waals surface area contributed by atoms with Gasteiger partial charge in [0.05, 0.1) is 12.3 Å². The predicted molar refractivity (Wildman–Crippen MR) is 95.4 cm³/mol. The van der Waals surface area contributed by atoms with Crippen LogP contribution in [0.5, 0.6) is 0 Å². The van der Waals surface area contributed by atoms with Crippen LogP contribution in [0.3, 0.4) is 0 Å². The van der Waals surface area contributed by atoms with Crippen LogP contribution in [0.25, 0.3) is 0 Å². The first-order valence-corrected chi connectivity index (χ1v) is 12.8. The Kier molecular flexibility index (Phi) is 8.03. The van der Waals surface area contributed by atoms with Crippen LogP contribution in [-0.4, -0.2) is 64.9 Å². The quantitative estimate of drug-likeness (QED) is 0.209. The van der Waals surface area contributed by atoms with Gasteiger partial charge in [-0.15, -0.1) is 0 Å². The summed E-state index contributed by atoms with van der Waals surface area (Å²) in [4.78, 5) is 60.1. The normalized spacial score (nSPS) is 30.5. The number of aliphatic hydroxyl groups excluding tert-OH is 1. The highest BCUT2D eigenvalue weighted by molar-refractivity contribution is 7.66. The summed E-state index contributed by atoms with van der Waals surface area (Å²) in [7, 11) is -17.4. The summed E-state index contributed by atoms with van der Waals surface area (Å²) in [6.07, 6.45) is -8.99. The molecule has 0 radical (unpaired) electrons. The van der Waals surface area contributed by atoms with Crippen LogP contribution in [-0.2, 0) is 31.6 Å². The lowest BCUT2D eigenvalue weighted by molar-refractivity contribution is -0.0859. The fraction of sp³-hybridized carbons (Fsp3) is 0.636. The molecule has 2 heterocycles. The van der Waals surface area contributed by atoms with Gasteiger partial charge in [-0.25, -0.2) is 27.3 Å². The second kappa shape index (κ2) is 9.45. The highest BCUT2D eigenvalue weighted by atomic mass is 31.3. The van der Waals surface area contributed by atoms with Gasteiger partial charge < -0.3 is 29.4 Å². The van der Waals surface area contributed by atoms with Crippen molar-refractivity contribution in [2.24, 2.45) is 0 Å². The third-order valence-corrected chi connectivity index (χ3v) is 7.99. The van der Waals surface area contributed by atoms with Gasteiger partial charge in [-0.3, -0.25) is 18.9 Å². The van der Waals surface area contributed by atoms with Gasteiger partial charge in [0.2, 0.25) is 11.5 Å². The maximum atomic E-state index is 15.2. The van der Waals surface area contributed by atoms with Gasteiger partial charge in [0.25, 0.3) is 5.56 Å². The minimum Gasteiger partial charge on any atom is -0.387 e. The summed E-state index contributed by atoms with van der Waals surface area (Å²) in [5.74, 6) is -1.61. The number of alkyl halides is 2. The number of nitrogens with zero attached hydrogens (tertiary/aromatic N) is 1. The Hall–Kier alpha value is -1.20. The summed E-state index contributed by atoms with van der Waals surface area (Å²) in [5, 5.41) is 10.2. The van der Waals surface area contributed by atoms with Gasteiger partial charge >= 0.3 is 29.2 Å². The summed E-state index contributed by atoms with van der Waals surface area (Å²) in [6.45, 7) is -1.27. The van der Waals surface area contributed by atoms with E-state index < -0.39 is 77.4 Å². The Bertz CT molecular complexity index is 1150. The van der Waals surface area contributed by atoms with E-state index >= 15 is 4.39 Å². The number of phosphoric ester groups is 1. The van der Waals surface area contributed by atoms with Crippen LogP contribution in [0, 0.1) is 5.82 Å². The number of hydrogen-bond acceptors (Lipinski definition) is 10. The fourth-order valence-electron chi connectivity index (χ4n) is 2.77. The van der Waals surface area contributed by atoms with E-state index in [1.165, 1.54) is 4.98 Å². The van der Waals surface area contributed by atoms with Crippen molar-refractivity contribution >= 4 is 23.5 Å². The Balaban J connectivity index is 2.30. The molecule has 0 amide bonds. The zero-order valence-electron chi connectivity index (χ0n) is 15.9. The van der Waals surface area contributed by atoms with Gasteiger partial charge in [-0.05, 0) is 6.92 Å². The second-order valence-corrected chi connectivity index (χ2v) is 10.9. The molecule has 1 aromatic rings. The van der Waals surface area contributed by atoms with Crippen LogP contribution in [0.1, 0.15) is 13.2 Å². The standard InChI is InChI=1S/C11H16F3N2O14P3/c1-4(28-32(23,24)30-33(25,26)29-31(20,21)22)6-7(17)11(14,3-12)9(27-6)16-2-5(13)8(18)15-10(16)19/h2,4,6-7,9,17H,3H2,1H3,(H,23,24)(H,25,26)(H,15,18,19)(H2,20,21,22)/t4-,6+,7?,9+,11+/m0/s1. The van der Waals surface area contributed by atoms with Gasteiger partial charge in [0.15, 0.2) is 6.23 Å². The molecule has 1 aliphatic heterocycles. The lowest BCUT2D eigenvalue weighted by Gasteiger charge is -2.26. The molecule has 3 unspecified atom stereocenters. The van der Waals surface area contributed by atoms with Gasteiger partial charge in [0, 0.05) is 0 Å². The number of ether oxygens (including phenoxy) is 1. The molecular weight excluding hydrogens is 534 g/mol. The third kappa shape index (κ3) is 6.48. The lowest BCUT2D eigenvalue weighted by Crippen LogP contribution is -2.48. The Morgan fingerprint density at radius 1 is 1.21 bits per heavy atom. The third-order valence-electron chi connectivity index (χ3n) is 4.06. The highest BCUT2D eigenvalue weighted by Gasteiger charge is 2.61. The van der Waals surface area contributed by atoms with Crippen LogP contribution in [0.2, 0.25) is 0 Å². The number of rotatable bonds is 9. The van der Waals surface area contributed by atoms with Crippen LogP contribution < -0.4 is 11.2 Å². The molecule has 16 nitrogen and oxygen atoms in total. The Morgan fingerprint density at radius 2 is 1.79 bits per heavy atom. The van der Waals surface area contributed by atoms with Crippen molar-refractivity contribution in [2.75, 3.05) is 6.67 Å². The summed E-state index contributed by atoms with van der Waals surface area (Å²) < 4.78 is 92.5. The Morgan fingerprint density at radius 3 is 2.30 bits per heavy atom. The zero-order valence-corrected chi connectivity index (χ0v) is 18.6. The molecule has 33 heavy (non-hydrogen) atoms. The van der Waals surface area contributed by atoms with Crippen molar-refractivity contribution in [1.29, 1.82) is 0 Å². The Labute approximate surface area is 180 Å². The number of halogens is 3. The largest absolute Gasteiger partial charge is 0.490 e. The number of aromatic amines is 1. The average Bonchev–Trinajstić information content (AvgIpc) is 2.87. The van der Waals surface area contributed by atoms with Crippen molar-refractivity contribution in [3.63, 3.8) is 0 Å². The van der Waals surface area contributed by atoms with E-state index in [1.807, 2.05) is 0 Å². The predicted octanol–water partition coefficient (Wildman–Crippen LogP) is -0.656. The number of aromatic nitrogens is 2. The number of hydrogen-bond donors (Lipinski definition) is 6. The van der Waals surface area contributed by atoms with Crippen molar-refractivity contribution in [2.45, 2.75) is 37.1 Å². The molecule has 1 aliphatic rings. The monoisotopic (exact) mass is 550 g/mol. The van der Waals surface area contributed by atoms with E-state index in [1.54, 1.807) is 0 Å². The van der Waals surface area contributed by atoms with Crippen molar-refractivity contribution < 1.29 is 69.4 Å². The minimum absolute atomic E-state index is 0.0527. The number of phosphoric acid groups is 3. The van der Waals surface area contributed by atoms with Gasteiger partial charge in [-0.2, -0.15) is 13.0 Å². The molecule has 190 valence electrons. The molecule has 0 aromatic carbocycles. The van der Waals surface area contributed by atoms with E-state index in [2.05, 4.69) is 13.1 Å². The first-order chi connectivity index (χ1) is 14.8. The molecule has 6 N–H and O–H groups in total. The molecule has 7 atom stereocenters. The van der Waals surface area contributed by atoms with Crippen LogP contribution in [0.15, 0.2) is 15.8 Å². The fourth-order valence-corrected chi connectivity index (χ4v) is 5.97. The highest BCUT2D eigenvalue weighted by Crippen LogP contribution is 2.66. The maximum absolute atomic E-state index is 15.2. The molecular formula is C11H16F3N2O14P3. The van der Waals surface area contributed by atoms with Gasteiger partial charge in [-0.1, -0.05) is 0 Å². The number of nitrogens with one attached hydrogen (secondary N) is 1. The molecule has 0 spiro atoms. The molecule has 2 rings (SSSR count). The van der Waals surface area contributed by atoms with Gasteiger partial charge in [0.1, 0.15) is 18.9 Å². The molecule has 1 saturated heterocycles. The summed E-state index contributed by atoms with van der Waals surface area (Å²) in [5.41, 5.74) is -6.47. The average molecular weight is 550 g/mol. The second-order valence-electron chi connectivity index (χ2n) is 6.50. The first-order valence-electron chi connectivity index (χ1n) is 8.23. The summed E-state index contributed by atoms with van der Waals surface area (Å²) >= 11 is 0. The van der Waals surface area contributed by atoms with E-state index in [4.69, 9.17) is 19.4 Å². The van der Waals surface area contributed by atoms with E-state index in [0.717, 1.165) is 6.92 Å². The SMILES string of the molecule is C[C@H](OP(=O)(O)OP(=O)(O)OP(=O)(O)O)[C@H]1O[C@@H](n2cc(F)c(=O)[nH]c2=O)[C@@](F)(CF)C1O. The van der Waals surface area contributed by atoms with Crippen molar-refractivity contribution in [3.8, 4) is 0 Å². The first kappa shape index (κ1) is 28.0. The van der Waals surface area contributed by atoms with Crippen molar-refractivity contribution in [3.05, 3.63) is 32.9 Å². The molecule has 0 aliphatic carbocycles. The zero-order chi connectivity index (χ0) is 25.6. The smallest absolute Gasteiger partial charge is 0.387 e. The molecule has 0 saturated carbocycles. The molecule has 0 bridgehead atoms. The lowest BCUT2D eigenvalue weighted by atomic mass is 9.95.